The molecule has 0 saturated carbocycles. The fourth-order valence-electron chi connectivity index (χ4n) is 2.33. The maximum absolute atomic E-state index is 12.1. The van der Waals surface area contributed by atoms with Crippen molar-refractivity contribution in [3.8, 4) is 5.75 Å². The molecule has 0 aliphatic rings. The highest BCUT2D eigenvalue weighted by molar-refractivity contribution is 5.99. The van der Waals surface area contributed by atoms with E-state index in [9.17, 15) is 24.5 Å². The second-order valence-electron chi connectivity index (χ2n) is 5.75. The number of nitrogens with zero attached hydrogens (tertiary/aromatic N) is 1. The van der Waals surface area contributed by atoms with Crippen LogP contribution in [0.15, 0.2) is 36.4 Å². The summed E-state index contributed by atoms with van der Waals surface area (Å²) in [7, 11) is 1.40. The molecule has 0 aromatic heterocycles. The SMILES string of the molecule is COc1ccc(NC(C)=O)cc1NC(=O)COC(=O)c1ccc([N+](=O)[O-])cc1N. The van der Waals surface area contributed by atoms with Crippen molar-refractivity contribution in [3.63, 3.8) is 0 Å². The van der Waals surface area contributed by atoms with E-state index in [4.69, 9.17) is 15.2 Å². The number of benzene rings is 2. The smallest absolute Gasteiger partial charge is 0.340 e. The van der Waals surface area contributed by atoms with Crippen molar-refractivity contribution in [2.75, 3.05) is 30.1 Å². The van der Waals surface area contributed by atoms with Gasteiger partial charge < -0.3 is 25.8 Å². The van der Waals surface area contributed by atoms with Crippen LogP contribution in [0.25, 0.3) is 0 Å². The highest BCUT2D eigenvalue weighted by Gasteiger charge is 2.17. The summed E-state index contributed by atoms with van der Waals surface area (Å²) in [6.07, 6.45) is 0. The van der Waals surface area contributed by atoms with Gasteiger partial charge in [-0.3, -0.25) is 19.7 Å². The number of hydrogen-bond donors (Lipinski definition) is 3. The average molecular weight is 402 g/mol. The van der Waals surface area contributed by atoms with Crippen LogP contribution < -0.4 is 21.1 Å². The standard InChI is InChI=1S/C18H18N4O7/c1-10(23)20-11-3-6-16(28-2)15(7-11)21-17(24)9-29-18(25)13-5-4-12(22(26)27)8-14(13)19/h3-8H,9,19H2,1-2H3,(H,20,23)(H,21,24). The molecule has 0 atom stereocenters. The number of nitrogens with two attached hydrogens (primary N) is 1. The third kappa shape index (κ3) is 5.66. The number of ether oxygens (including phenoxy) is 2. The zero-order valence-electron chi connectivity index (χ0n) is 15.6. The Morgan fingerprint density at radius 3 is 2.45 bits per heavy atom. The molecule has 2 rings (SSSR count). The number of nitro groups is 1. The number of non-ortho nitro benzene ring substituents is 1. The van der Waals surface area contributed by atoms with Crippen molar-refractivity contribution in [3.05, 3.63) is 52.1 Å². The lowest BCUT2D eigenvalue weighted by molar-refractivity contribution is -0.384. The molecule has 0 spiro atoms. The normalized spacial score (nSPS) is 10.0. The summed E-state index contributed by atoms with van der Waals surface area (Å²) in [5.41, 5.74) is 5.80. The van der Waals surface area contributed by atoms with Gasteiger partial charge in [-0.15, -0.1) is 0 Å². The molecule has 0 fully saturated rings. The predicted octanol–water partition coefficient (Wildman–Crippen LogP) is 1.94. The lowest BCUT2D eigenvalue weighted by atomic mass is 10.1. The van der Waals surface area contributed by atoms with Gasteiger partial charge >= 0.3 is 5.97 Å². The van der Waals surface area contributed by atoms with E-state index in [0.29, 0.717) is 11.4 Å². The van der Waals surface area contributed by atoms with E-state index >= 15 is 0 Å². The van der Waals surface area contributed by atoms with Crippen LogP contribution in [0.3, 0.4) is 0 Å². The Morgan fingerprint density at radius 1 is 1.14 bits per heavy atom. The Balaban J connectivity index is 2.03. The molecule has 0 unspecified atom stereocenters. The molecule has 0 aliphatic carbocycles. The van der Waals surface area contributed by atoms with Gasteiger partial charge in [-0.25, -0.2) is 4.79 Å². The van der Waals surface area contributed by atoms with Crippen LogP contribution in [-0.4, -0.2) is 36.4 Å². The minimum Gasteiger partial charge on any atom is -0.495 e. The Labute approximate surface area is 164 Å². The molecule has 0 radical (unpaired) electrons. The summed E-state index contributed by atoms with van der Waals surface area (Å²) in [4.78, 5) is 45.4. The van der Waals surface area contributed by atoms with Crippen molar-refractivity contribution >= 4 is 40.5 Å². The van der Waals surface area contributed by atoms with Crippen molar-refractivity contribution in [1.82, 2.24) is 0 Å². The molecule has 29 heavy (non-hydrogen) atoms. The van der Waals surface area contributed by atoms with Crippen LogP contribution in [0, 0.1) is 10.1 Å². The number of anilines is 3. The van der Waals surface area contributed by atoms with E-state index in [1.165, 1.54) is 20.1 Å². The van der Waals surface area contributed by atoms with Crippen molar-refractivity contribution < 1.29 is 28.8 Å². The van der Waals surface area contributed by atoms with Gasteiger partial charge in [-0.1, -0.05) is 0 Å². The van der Waals surface area contributed by atoms with Crippen LogP contribution in [0.5, 0.6) is 5.75 Å². The molecule has 11 nitrogen and oxygen atoms in total. The topological polar surface area (TPSA) is 163 Å². The summed E-state index contributed by atoms with van der Waals surface area (Å²) in [5, 5.41) is 15.8. The maximum Gasteiger partial charge on any atom is 0.340 e. The number of nitrogen functional groups attached to an aromatic ring is 1. The highest BCUT2D eigenvalue weighted by atomic mass is 16.6. The molecule has 0 heterocycles. The quantitative estimate of drug-likeness (QED) is 0.274. The first-order valence-electron chi connectivity index (χ1n) is 8.17. The van der Waals surface area contributed by atoms with E-state index in [0.717, 1.165) is 18.2 Å². The van der Waals surface area contributed by atoms with E-state index in [1.54, 1.807) is 12.1 Å². The lowest BCUT2D eigenvalue weighted by Gasteiger charge is -2.12. The Kier molecular flexibility index (Phi) is 6.69. The molecule has 0 bridgehead atoms. The van der Waals surface area contributed by atoms with Crippen molar-refractivity contribution in [1.29, 1.82) is 0 Å². The molecule has 4 N–H and O–H groups in total. The summed E-state index contributed by atoms with van der Waals surface area (Å²) in [5.74, 6) is -1.54. The number of carbonyl (C=O) groups excluding carboxylic acids is 3. The number of amides is 2. The molecular weight excluding hydrogens is 384 g/mol. The Morgan fingerprint density at radius 2 is 1.86 bits per heavy atom. The number of methoxy groups -OCH3 is 1. The number of nitro benzene ring substituents is 1. The summed E-state index contributed by atoms with van der Waals surface area (Å²) in [6.45, 7) is 0.703. The van der Waals surface area contributed by atoms with Crippen LogP contribution in [0.4, 0.5) is 22.7 Å². The molecule has 0 saturated heterocycles. The summed E-state index contributed by atoms with van der Waals surface area (Å²) < 4.78 is 10.0. The number of esters is 1. The number of rotatable bonds is 7. The Bertz CT molecular complexity index is 975. The molecular formula is C18H18N4O7. The first-order valence-corrected chi connectivity index (χ1v) is 8.17. The zero-order chi connectivity index (χ0) is 21.6. The van der Waals surface area contributed by atoms with E-state index in [-0.39, 0.29) is 28.5 Å². The van der Waals surface area contributed by atoms with Crippen molar-refractivity contribution in [2.45, 2.75) is 6.92 Å². The average Bonchev–Trinajstić information content (AvgIpc) is 2.65. The fraction of sp³-hybridized carbons (Fsp3) is 0.167. The van der Waals surface area contributed by atoms with Gasteiger partial charge in [0.25, 0.3) is 11.6 Å². The lowest BCUT2D eigenvalue weighted by Crippen LogP contribution is -2.21. The number of hydrogen-bond acceptors (Lipinski definition) is 8. The summed E-state index contributed by atoms with van der Waals surface area (Å²) >= 11 is 0. The largest absolute Gasteiger partial charge is 0.495 e. The third-order valence-electron chi connectivity index (χ3n) is 3.59. The molecule has 2 amide bonds. The van der Waals surface area contributed by atoms with Crippen LogP contribution in [0.2, 0.25) is 0 Å². The van der Waals surface area contributed by atoms with Crippen LogP contribution >= 0.6 is 0 Å². The van der Waals surface area contributed by atoms with Gasteiger partial charge in [0, 0.05) is 24.7 Å². The molecule has 0 aliphatic heterocycles. The maximum atomic E-state index is 12.1. The van der Waals surface area contributed by atoms with Gasteiger partial charge in [-0.05, 0) is 24.3 Å². The first-order chi connectivity index (χ1) is 13.7. The van der Waals surface area contributed by atoms with E-state index < -0.39 is 23.4 Å². The molecule has 152 valence electrons. The summed E-state index contributed by atoms with van der Waals surface area (Å²) in [6, 6.07) is 7.89. The number of nitrogens with one attached hydrogen (secondary N) is 2. The second kappa shape index (κ2) is 9.17. The molecule has 2 aromatic carbocycles. The van der Waals surface area contributed by atoms with Gasteiger partial charge in [0.05, 0.1) is 29.0 Å². The minimum absolute atomic E-state index is 0.103. The van der Waals surface area contributed by atoms with Gasteiger partial charge in [0.1, 0.15) is 5.75 Å². The van der Waals surface area contributed by atoms with Gasteiger partial charge in [-0.2, -0.15) is 0 Å². The van der Waals surface area contributed by atoms with E-state index in [2.05, 4.69) is 10.6 Å². The van der Waals surface area contributed by atoms with Crippen LogP contribution in [-0.2, 0) is 14.3 Å². The van der Waals surface area contributed by atoms with Crippen molar-refractivity contribution in [2.24, 2.45) is 0 Å². The first kappa shape index (κ1) is 21.2. The monoisotopic (exact) mass is 402 g/mol. The Hall–Kier alpha value is -4.15. The zero-order valence-corrected chi connectivity index (χ0v) is 15.6. The fourth-order valence-corrected chi connectivity index (χ4v) is 2.33. The third-order valence-corrected chi connectivity index (χ3v) is 3.59. The van der Waals surface area contributed by atoms with Crippen LogP contribution in [0.1, 0.15) is 17.3 Å². The minimum atomic E-state index is -0.911. The molecule has 2 aromatic rings. The number of carbonyl (C=O) groups is 3. The predicted molar refractivity (Wildman–Crippen MR) is 104 cm³/mol. The highest BCUT2D eigenvalue weighted by Crippen LogP contribution is 2.28. The van der Waals surface area contributed by atoms with E-state index in [1.807, 2.05) is 0 Å². The second-order valence-corrected chi connectivity index (χ2v) is 5.75. The molecule has 11 heteroatoms. The van der Waals surface area contributed by atoms with Gasteiger partial charge in [0.15, 0.2) is 6.61 Å². The van der Waals surface area contributed by atoms with Gasteiger partial charge in [0.2, 0.25) is 5.91 Å².